The van der Waals surface area contributed by atoms with Gasteiger partial charge in [-0.25, -0.2) is 4.39 Å². The van der Waals surface area contributed by atoms with Gasteiger partial charge in [-0.1, -0.05) is 18.2 Å². The van der Waals surface area contributed by atoms with Crippen LogP contribution in [0.2, 0.25) is 0 Å². The molecule has 0 aliphatic heterocycles. The van der Waals surface area contributed by atoms with E-state index in [0.717, 1.165) is 4.90 Å². The molecule has 94 valence electrons. The number of nitrogens with zero attached hydrogens (tertiary/aromatic N) is 1. The van der Waals surface area contributed by atoms with E-state index in [2.05, 4.69) is 0 Å². The second-order valence-electron chi connectivity index (χ2n) is 4.91. The molecular weight excluding hydrogens is 221 g/mol. The summed E-state index contributed by atoms with van der Waals surface area (Å²) in [6, 6.07) is 8.34. The Morgan fingerprint density at radius 1 is 1.18 bits per heavy atom. The lowest BCUT2D eigenvalue weighted by Gasteiger charge is -2.41. The molecule has 0 spiro atoms. The third kappa shape index (κ3) is 3.27. The Labute approximate surface area is 101 Å². The lowest BCUT2D eigenvalue weighted by atomic mass is 10.1. The predicted molar refractivity (Wildman–Crippen MR) is 64.1 cm³/mol. The number of hydrogen-bond acceptors (Lipinski definition) is 2. The zero-order chi connectivity index (χ0) is 13.3. The number of hydrogen-bond donors (Lipinski definition) is 1. The SMILES string of the molecule is CC(C)(O)N(C(=O)c1ccccc1)C(C)(C)F. The summed E-state index contributed by atoms with van der Waals surface area (Å²) in [5.41, 5.74) is -1.22. The first-order valence-corrected chi connectivity index (χ1v) is 5.45. The molecule has 3 nitrogen and oxygen atoms in total. The molecule has 1 aromatic rings. The summed E-state index contributed by atoms with van der Waals surface area (Å²) in [6.07, 6.45) is 0. The van der Waals surface area contributed by atoms with Crippen LogP contribution in [0.4, 0.5) is 4.39 Å². The average molecular weight is 239 g/mol. The van der Waals surface area contributed by atoms with Crippen LogP contribution in [0.15, 0.2) is 30.3 Å². The summed E-state index contributed by atoms with van der Waals surface area (Å²) in [5.74, 6) is -2.48. The third-order valence-corrected chi connectivity index (χ3v) is 2.30. The van der Waals surface area contributed by atoms with Gasteiger partial charge in [0.05, 0.1) is 0 Å². The van der Waals surface area contributed by atoms with E-state index in [1.807, 2.05) is 0 Å². The second-order valence-corrected chi connectivity index (χ2v) is 4.91. The van der Waals surface area contributed by atoms with Gasteiger partial charge < -0.3 is 5.11 Å². The molecule has 1 rings (SSSR count). The van der Waals surface area contributed by atoms with E-state index in [4.69, 9.17) is 0 Å². The molecule has 0 saturated carbocycles. The maximum absolute atomic E-state index is 14.0. The van der Waals surface area contributed by atoms with Crippen molar-refractivity contribution in [2.75, 3.05) is 0 Å². The molecule has 1 aromatic carbocycles. The van der Waals surface area contributed by atoms with Gasteiger partial charge in [0.1, 0.15) is 5.72 Å². The van der Waals surface area contributed by atoms with Crippen molar-refractivity contribution in [1.29, 1.82) is 0 Å². The fourth-order valence-corrected chi connectivity index (χ4v) is 1.85. The fraction of sp³-hybridized carbons (Fsp3) is 0.462. The first-order valence-electron chi connectivity index (χ1n) is 5.45. The van der Waals surface area contributed by atoms with Gasteiger partial charge in [-0.2, -0.15) is 0 Å². The lowest BCUT2D eigenvalue weighted by Crippen LogP contribution is -2.56. The van der Waals surface area contributed by atoms with Crippen LogP contribution in [0.1, 0.15) is 38.1 Å². The summed E-state index contributed by atoms with van der Waals surface area (Å²) in [6.45, 7) is 5.25. The molecular formula is C13H18FNO2. The topological polar surface area (TPSA) is 40.5 Å². The van der Waals surface area contributed by atoms with Gasteiger partial charge in [0, 0.05) is 5.56 Å². The van der Waals surface area contributed by atoms with Crippen molar-refractivity contribution < 1.29 is 14.3 Å². The van der Waals surface area contributed by atoms with Crippen LogP contribution in [-0.4, -0.2) is 27.4 Å². The number of aliphatic hydroxyl groups is 1. The number of alkyl halides is 1. The second kappa shape index (κ2) is 4.45. The quantitative estimate of drug-likeness (QED) is 0.650. The van der Waals surface area contributed by atoms with Gasteiger partial charge >= 0.3 is 0 Å². The van der Waals surface area contributed by atoms with Gasteiger partial charge in [-0.05, 0) is 39.8 Å². The Bertz CT molecular complexity index is 376. The average Bonchev–Trinajstić information content (AvgIpc) is 2.14. The van der Waals surface area contributed by atoms with Crippen LogP contribution in [0.25, 0.3) is 0 Å². The van der Waals surface area contributed by atoms with Crippen LogP contribution in [0.3, 0.4) is 0 Å². The molecule has 0 aliphatic rings. The Morgan fingerprint density at radius 3 is 2.00 bits per heavy atom. The zero-order valence-electron chi connectivity index (χ0n) is 10.6. The van der Waals surface area contributed by atoms with Gasteiger partial charge in [-0.3, -0.25) is 9.69 Å². The number of carbonyl (C=O) groups is 1. The molecule has 0 aliphatic carbocycles. The maximum atomic E-state index is 14.0. The smallest absolute Gasteiger partial charge is 0.258 e. The number of carbonyl (C=O) groups excluding carboxylic acids is 1. The number of rotatable bonds is 3. The van der Waals surface area contributed by atoms with E-state index in [9.17, 15) is 14.3 Å². The van der Waals surface area contributed by atoms with Gasteiger partial charge in [0.15, 0.2) is 5.79 Å². The molecule has 4 heteroatoms. The van der Waals surface area contributed by atoms with Crippen LogP contribution >= 0.6 is 0 Å². The third-order valence-electron chi connectivity index (χ3n) is 2.30. The first-order chi connectivity index (χ1) is 7.64. The normalized spacial score (nSPS) is 12.4. The van der Waals surface area contributed by atoms with Crippen LogP contribution in [-0.2, 0) is 0 Å². The van der Waals surface area contributed by atoms with Crippen molar-refractivity contribution in [2.45, 2.75) is 39.2 Å². The van der Waals surface area contributed by atoms with Crippen molar-refractivity contribution in [3.8, 4) is 0 Å². The van der Waals surface area contributed by atoms with E-state index in [1.165, 1.54) is 27.7 Å². The van der Waals surface area contributed by atoms with Crippen molar-refractivity contribution in [3.05, 3.63) is 35.9 Å². The molecule has 0 fully saturated rings. The monoisotopic (exact) mass is 239 g/mol. The molecule has 0 heterocycles. The highest BCUT2D eigenvalue weighted by atomic mass is 19.1. The van der Waals surface area contributed by atoms with E-state index < -0.39 is 17.4 Å². The fourth-order valence-electron chi connectivity index (χ4n) is 1.85. The highest BCUT2D eigenvalue weighted by Gasteiger charge is 2.40. The minimum absolute atomic E-state index is 0.348. The standard InChI is InChI=1S/C13H18FNO2/c1-12(2,14)15(13(3,4)17)11(16)10-8-6-5-7-9-10/h5-9,17H,1-4H3. The highest BCUT2D eigenvalue weighted by Crippen LogP contribution is 2.27. The van der Waals surface area contributed by atoms with Gasteiger partial charge in [0.2, 0.25) is 0 Å². The van der Waals surface area contributed by atoms with E-state index in [-0.39, 0.29) is 0 Å². The summed E-state index contributed by atoms with van der Waals surface area (Å²) >= 11 is 0. The number of halogens is 1. The molecule has 1 amide bonds. The Morgan fingerprint density at radius 2 is 1.65 bits per heavy atom. The Balaban J connectivity index is 3.14. The molecule has 1 N–H and O–H groups in total. The number of amides is 1. The first kappa shape index (κ1) is 13.6. The highest BCUT2D eigenvalue weighted by molar-refractivity contribution is 5.94. The van der Waals surface area contributed by atoms with Gasteiger partial charge in [-0.15, -0.1) is 0 Å². The predicted octanol–water partition coefficient (Wildman–Crippen LogP) is 2.56. The number of benzene rings is 1. The summed E-state index contributed by atoms with van der Waals surface area (Å²) in [5, 5.41) is 9.91. The Hall–Kier alpha value is -1.42. The van der Waals surface area contributed by atoms with Crippen molar-refractivity contribution in [3.63, 3.8) is 0 Å². The van der Waals surface area contributed by atoms with Crippen molar-refractivity contribution in [1.82, 2.24) is 4.90 Å². The molecule has 0 saturated heterocycles. The maximum Gasteiger partial charge on any atom is 0.258 e. The van der Waals surface area contributed by atoms with Crippen molar-refractivity contribution >= 4 is 5.91 Å². The summed E-state index contributed by atoms with van der Waals surface area (Å²) in [4.78, 5) is 13.0. The van der Waals surface area contributed by atoms with Crippen LogP contribution in [0.5, 0.6) is 0 Å². The molecule has 0 unspecified atom stereocenters. The lowest BCUT2D eigenvalue weighted by molar-refractivity contribution is -0.138. The Kier molecular flexibility index (Phi) is 3.57. The van der Waals surface area contributed by atoms with Crippen LogP contribution in [0, 0.1) is 0 Å². The zero-order valence-corrected chi connectivity index (χ0v) is 10.6. The molecule has 17 heavy (non-hydrogen) atoms. The van der Waals surface area contributed by atoms with Crippen molar-refractivity contribution in [2.24, 2.45) is 0 Å². The largest absolute Gasteiger partial charge is 0.371 e. The molecule has 0 bridgehead atoms. The molecule has 0 atom stereocenters. The summed E-state index contributed by atoms with van der Waals surface area (Å²) < 4.78 is 14.0. The van der Waals surface area contributed by atoms with Gasteiger partial charge in [0.25, 0.3) is 5.91 Å². The van der Waals surface area contributed by atoms with E-state index in [0.29, 0.717) is 5.56 Å². The van der Waals surface area contributed by atoms with E-state index in [1.54, 1.807) is 30.3 Å². The van der Waals surface area contributed by atoms with E-state index >= 15 is 0 Å². The summed E-state index contributed by atoms with van der Waals surface area (Å²) in [7, 11) is 0. The molecule has 0 aromatic heterocycles. The van der Waals surface area contributed by atoms with Crippen LogP contribution < -0.4 is 0 Å². The molecule has 0 radical (unpaired) electrons. The minimum atomic E-state index is -1.94. The minimum Gasteiger partial charge on any atom is -0.371 e.